The third-order valence-electron chi connectivity index (χ3n) is 4.55. The van der Waals surface area contributed by atoms with Gasteiger partial charge in [0.05, 0.1) is 6.10 Å². The molecule has 1 aromatic heterocycles. The first-order valence-electron chi connectivity index (χ1n) is 8.99. The van der Waals surface area contributed by atoms with E-state index in [2.05, 4.69) is 29.2 Å². The molecule has 4 nitrogen and oxygen atoms in total. The van der Waals surface area contributed by atoms with Crippen molar-refractivity contribution in [2.24, 2.45) is 0 Å². The van der Waals surface area contributed by atoms with E-state index in [9.17, 15) is 4.79 Å². The van der Waals surface area contributed by atoms with Gasteiger partial charge < -0.3 is 14.5 Å². The van der Waals surface area contributed by atoms with Crippen molar-refractivity contribution < 1.29 is 9.53 Å². The average Bonchev–Trinajstić information content (AvgIpc) is 3.33. The molecule has 1 amide bonds. The second kappa shape index (κ2) is 9.01. The van der Waals surface area contributed by atoms with Gasteiger partial charge in [0.15, 0.2) is 0 Å². The zero-order chi connectivity index (χ0) is 18.4. The lowest BCUT2D eigenvalue weighted by atomic mass is 10.1. The van der Waals surface area contributed by atoms with Crippen LogP contribution in [-0.2, 0) is 16.1 Å². The molecule has 5 heteroatoms. The average molecular weight is 371 g/mol. The Labute approximate surface area is 159 Å². The number of thiophene rings is 1. The Hall–Kier alpha value is -2.11. The predicted molar refractivity (Wildman–Crippen MR) is 109 cm³/mol. The van der Waals surface area contributed by atoms with Crippen molar-refractivity contribution in [2.75, 3.05) is 32.1 Å². The Morgan fingerprint density at radius 3 is 2.69 bits per heavy atom. The number of nitrogens with zero attached hydrogens (tertiary/aromatic N) is 2. The highest BCUT2D eigenvalue weighted by atomic mass is 32.1. The summed E-state index contributed by atoms with van der Waals surface area (Å²) in [6.45, 7) is 2.04. The molecular weight excluding hydrogens is 344 g/mol. The molecule has 0 spiro atoms. The Morgan fingerprint density at radius 1 is 1.27 bits per heavy atom. The minimum Gasteiger partial charge on any atom is -0.378 e. The normalized spacial score (nSPS) is 16.9. The first-order valence-corrected chi connectivity index (χ1v) is 9.93. The van der Waals surface area contributed by atoms with Gasteiger partial charge in [0, 0.05) is 45.6 Å². The van der Waals surface area contributed by atoms with Gasteiger partial charge in [-0.1, -0.05) is 12.1 Å². The van der Waals surface area contributed by atoms with Crippen LogP contribution in [0.3, 0.4) is 0 Å². The lowest BCUT2D eigenvalue weighted by Crippen LogP contribution is -2.35. The molecule has 2 heterocycles. The van der Waals surface area contributed by atoms with E-state index < -0.39 is 0 Å². The Bertz CT molecular complexity index is 717. The van der Waals surface area contributed by atoms with Crippen molar-refractivity contribution in [1.29, 1.82) is 0 Å². The van der Waals surface area contributed by atoms with Crippen LogP contribution in [0.2, 0.25) is 0 Å². The third kappa shape index (κ3) is 5.19. The molecule has 0 saturated carbocycles. The van der Waals surface area contributed by atoms with Gasteiger partial charge >= 0.3 is 0 Å². The van der Waals surface area contributed by atoms with Gasteiger partial charge in [-0.15, -0.1) is 0 Å². The quantitative estimate of drug-likeness (QED) is 0.690. The molecule has 138 valence electrons. The number of hydrogen-bond donors (Lipinski definition) is 0. The van der Waals surface area contributed by atoms with Crippen LogP contribution < -0.4 is 4.90 Å². The van der Waals surface area contributed by atoms with Gasteiger partial charge in [-0.25, -0.2) is 0 Å². The van der Waals surface area contributed by atoms with Crippen molar-refractivity contribution >= 4 is 29.0 Å². The van der Waals surface area contributed by atoms with E-state index in [1.54, 1.807) is 17.4 Å². The maximum Gasteiger partial charge on any atom is 0.246 e. The summed E-state index contributed by atoms with van der Waals surface area (Å²) < 4.78 is 5.75. The summed E-state index contributed by atoms with van der Waals surface area (Å²) in [5.41, 5.74) is 3.35. The molecule has 2 aromatic rings. The lowest BCUT2D eigenvalue weighted by molar-refractivity contribution is -0.128. The van der Waals surface area contributed by atoms with Crippen LogP contribution in [0.15, 0.2) is 47.2 Å². The maximum absolute atomic E-state index is 12.8. The van der Waals surface area contributed by atoms with E-state index >= 15 is 0 Å². The Morgan fingerprint density at radius 2 is 2.08 bits per heavy atom. The topological polar surface area (TPSA) is 32.8 Å². The number of rotatable bonds is 7. The van der Waals surface area contributed by atoms with Crippen LogP contribution in [0, 0.1) is 0 Å². The fourth-order valence-corrected chi connectivity index (χ4v) is 3.66. The molecule has 1 aromatic carbocycles. The van der Waals surface area contributed by atoms with Crippen LogP contribution >= 0.6 is 11.3 Å². The maximum atomic E-state index is 12.8. The molecule has 26 heavy (non-hydrogen) atoms. The van der Waals surface area contributed by atoms with E-state index in [1.807, 2.05) is 41.9 Å². The molecule has 0 radical (unpaired) electrons. The van der Waals surface area contributed by atoms with Crippen LogP contribution in [-0.4, -0.2) is 44.2 Å². The van der Waals surface area contributed by atoms with Gasteiger partial charge in [-0.05, 0) is 59.0 Å². The van der Waals surface area contributed by atoms with E-state index in [0.717, 1.165) is 36.3 Å². The molecule has 1 unspecified atom stereocenters. The second-order valence-electron chi connectivity index (χ2n) is 6.80. The van der Waals surface area contributed by atoms with Gasteiger partial charge in [-0.3, -0.25) is 4.79 Å². The number of carbonyl (C=O) groups excluding carboxylic acids is 1. The third-order valence-corrected chi connectivity index (χ3v) is 5.25. The van der Waals surface area contributed by atoms with Crippen molar-refractivity contribution in [3.8, 4) is 0 Å². The smallest absolute Gasteiger partial charge is 0.246 e. The largest absolute Gasteiger partial charge is 0.378 e. The molecule has 0 bridgehead atoms. The summed E-state index contributed by atoms with van der Waals surface area (Å²) in [7, 11) is 4.05. The van der Waals surface area contributed by atoms with Gasteiger partial charge in [0.1, 0.15) is 0 Å². The first kappa shape index (κ1) is 18.7. The summed E-state index contributed by atoms with van der Waals surface area (Å²) in [6, 6.07) is 10.4. The predicted octanol–water partition coefficient (Wildman–Crippen LogP) is 4.04. The molecule has 0 N–H and O–H groups in total. The van der Waals surface area contributed by atoms with Crippen LogP contribution in [0.4, 0.5) is 5.69 Å². The minimum absolute atomic E-state index is 0.0309. The van der Waals surface area contributed by atoms with Crippen molar-refractivity contribution in [3.63, 3.8) is 0 Å². The molecule has 1 aliphatic rings. The number of hydrogen-bond acceptors (Lipinski definition) is 4. The number of anilines is 1. The van der Waals surface area contributed by atoms with Gasteiger partial charge in [0.2, 0.25) is 5.91 Å². The Kier molecular flexibility index (Phi) is 6.47. The molecule has 1 fully saturated rings. The number of amides is 1. The molecular formula is C21H26N2O2S. The second-order valence-corrected chi connectivity index (χ2v) is 7.58. The number of benzene rings is 1. The van der Waals surface area contributed by atoms with Crippen LogP contribution in [0.25, 0.3) is 6.08 Å². The standard InChI is InChI=1S/C21H26N2O2S/c1-22(2)19-8-5-17(6-9-19)14-23(15-20-4-3-12-25-20)21(24)10-7-18-11-13-26-16-18/h5-11,13,16,20H,3-4,12,14-15H2,1-2H3/b10-7+. The highest BCUT2D eigenvalue weighted by Crippen LogP contribution is 2.18. The summed E-state index contributed by atoms with van der Waals surface area (Å²) in [5.74, 6) is 0.0309. The van der Waals surface area contributed by atoms with Gasteiger partial charge in [-0.2, -0.15) is 11.3 Å². The summed E-state index contributed by atoms with van der Waals surface area (Å²) in [5, 5.41) is 4.05. The molecule has 1 atom stereocenters. The van der Waals surface area contributed by atoms with Crippen LogP contribution in [0.1, 0.15) is 24.0 Å². The van der Waals surface area contributed by atoms with Crippen molar-refractivity contribution in [3.05, 3.63) is 58.3 Å². The van der Waals surface area contributed by atoms with Crippen molar-refractivity contribution in [1.82, 2.24) is 4.90 Å². The van der Waals surface area contributed by atoms with E-state index in [4.69, 9.17) is 4.74 Å². The zero-order valence-corrected chi connectivity index (χ0v) is 16.2. The fourth-order valence-electron chi connectivity index (χ4n) is 3.03. The zero-order valence-electron chi connectivity index (χ0n) is 15.4. The highest BCUT2D eigenvalue weighted by Gasteiger charge is 2.21. The van der Waals surface area contributed by atoms with Crippen molar-refractivity contribution in [2.45, 2.75) is 25.5 Å². The van der Waals surface area contributed by atoms with Crippen LogP contribution in [0.5, 0.6) is 0 Å². The lowest BCUT2D eigenvalue weighted by Gasteiger charge is -2.25. The van der Waals surface area contributed by atoms with E-state index in [1.165, 1.54) is 0 Å². The minimum atomic E-state index is 0.0309. The van der Waals surface area contributed by atoms with E-state index in [0.29, 0.717) is 13.1 Å². The SMILES string of the molecule is CN(C)c1ccc(CN(CC2CCCO2)C(=O)/C=C/c2ccsc2)cc1. The first-order chi connectivity index (χ1) is 12.6. The molecule has 1 saturated heterocycles. The molecule has 0 aliphatic carbocycles. The summed E-state index contributed by atoms with van der Waals surface area (Å²) in [6.07, 6.45) is 5.81. The number of carbonyl (C=O) groups is 1. The summed E-state index contributed by atoms with van der Waals surface area (Å²) >= 11 is 1.63. The molecule has 1 aliphatic heterocycles. The van der Waals surface area contributed by atoms with E-state index in [-0.39, 0.29) is 12.0 Å². The Balaban J connectivity index is 1.70. The number of ether oxygens (including phenoxy) is 1. The summed E-state index contributed by atoms with van der Waals surface area (Å²) in [4.78, 5) is 16.7. The fraction of sp³-hybridized carbons (Fsp3) is 0.381. The monoisotopic (exact) mass is 370 g/mol. The highest BCUT2D eigenvalue weighted by molar-refractivity contribution is 7.08. The molecule has 3 rings (SSSR count). The van der Waals surface area contributed by atoms with Gasteiger partial charge in [0.25, 0.3) is 0 Å².